The zero-order chi connectivity index (χ0) is 16.4. The number of aromatic nitrogens is 4. The highest BCUT2D eigenvalue weighted by atomic mass is 16.6. The molecule has 0 saturated carbocycles. The number of hydrogen-bond acceptors (Lipinski definition) is 6. The van der Waals surface area contributed by atoms with Crippen molar-refractivity contribution in [2.24, 2.45) is 7.05 Å². The minimum absolute atomic E-state index is 0.288. The summed E-state index contributed by atoms with van der Waals surface area (Å²) in [6, 6.07) is 0. The number of amides is 1. The standard InChI is InChI=1S/C14H25N5O3/c1-6-14(21-9-11-15-17-18(5)16-11)7-8-19(10-14)12(20)22-13(2,3)4/h6-10H2,1-5H3. The van der Waals surface area contributed by atoms with Gasteiger partial charge in [0.25, 0.3) is 0 Å². The van der Waals surface area contributed by atoms with Gasteiger partial charge in [0.2, 0.25) is 0 Å². The van der Waals surface area contributed by atoms with E-state index in [1.165, 1.54) is 4.80 Å². The summed E-state index contributed by atoms with van der Waals surface area (Å²) in [6.45, 7) is 9.11. The number of carbonyl (C=O) groups is 1. The summed E-state index contributed by atoms with van der Waals surface area (Å²) < 4.78 is 11.4. The van der Waals surface area contributed by atoms with Crippen LogP contribution in [-0.4, -0.2) is 55.5 Å². The Morgan fingerprint density at radius 1 is 1.41 bits per heavy atom. The van der Waals surface area contributed by atoms with Crippen LogP contribution in [-0.2, 0) is 23.1 Å². The van der Waals surface area contributed by atoms with Crippen molar-refractivity contribution in [1.29, 1.82) is 0 Å². The quantitative estimate of drug-likeness (QED) is 0.838. The Morgan fingerprint density at radius 3 is 2.68 bits per heavy atom. The predicted octanol–water partition coefficient (Wildman–Crippen LogP) is 1.52. The maximum Gasteiger partial charge on any atom is 0.410 e. The lowest BCUT2D eigenvalue weighted by molar-refractivity contribution is -0.0552. The van der Waals surface area contributed by atoms with E-state index < -0.39 is 5.60 Å². The normalized spacial score (nSPS) is 22.1. The average molecular weight is 311 g/mol. The Bertz CT molecular complexity index is 525. The Balaban J connectivity index is 1.93. The zero-order valence-electron chi connectivity index (χ0n) is 14.0. The summed E-state index contributed by atoms with van der Waals surface area (Å²) in [5.41, 5.74) is -0.852. The summed E-state index contributed by atoms with van der Waals surface area (Å²) >= 11 is 0. The van der Waals surface area contributed by atoms with E-state index in [2.05, 4.69) is 22.3 Å². The van der Waals surface area contributed by atoms with Crippen LogP contribution in [0.2, 0.25) is 0 Å². The maximum atomic E-state index is 12.2. The molecule has 0 spiro atoms. The second-order valence-corrected chi connectivity index (χ2v) is 6.67. The van der Waals surface area contributed by atoms with Crippen molar-refractivity contribution in [3.8, 4) is 0 Å². The fourth-order valence-electron chi connectivity index (χ4n) is 2.43. The predicted molar refractivity (Wildman–Crippen MR) is 79.0 cm³/mol. The summed E-state index contributed by atoms with van der Waals surface area (Å²) in [5, 5.41) is 11.8. The molecule has 0 N–H and O–H groups in total. The van der Waals surface area contributed by atoms with E-state index in [-0.39, 0.29) is 11.7 Å². The van der Waals surface area contributed by atoms with Gasteiger partial charge in [-0.1, -0.05) is 6.92 Å². The van der Waals surface area contributed by atoms with Crippen molar-refractivity contribution in [3.63, 3.8) is 0 Å². The smallest absolute Gasteiger partial charge is 0.410 e. The van der Waals surface area contributed by atoms with Crippen LogP contribution in [0.25, 0.3) is 0 Å². The van der Waals surface area contributed by atoms with Gasteiger partial charge in [-0.25, -0.2) is 4.79 Å². The third kappa shape index (κ3) is 4.16. The Kier molecular flexibility index (Phi) is 4.69. The largest absolute Gasteiger partial charge is 0.444 e. The molecule has 0 aliphatic carbocycles. The molecular weight excluding hydrogens is 286 g/mol. The monoisotopic (exact) mass is 311 g/mol. The van der Waals surface area contributed by atoms with Crippen molar-refractivity contribution in [2.45, 2.75) is 58.3 Å². The molecule has 2 rings (SSSR count). The molecule has 8 heteroatoms. The molecule has 1 aromatic rings. The van der Waals surface area contributed by atoms with E-state index in [4.69, 9.17) is 9.47 Å². The van der Waals surface area contributed by atoms with Gasteiger partial charge in [0.1, 0.15) is 12.2 Å². The van der Waals surface area contributed by atoms with E-state index >= 15 is 0 Å². The Hall–Kier alpha value is -1.70. The highest BCUT2D eigenvalue weighted by Gasteiger charge is 2.41. The molecule has 1 aromatic heterocycles. The molecule has 1 amide bonds. The fraction of sp³-hybridized carbons (Fsp3) is 0.857. The third-order valence-corrected chi connectivity index (χ3v) is 3.67. The van der Waals surface area contributed by atoms with Gasteiger partial charge < -0.3 is 14.4 Å². The molecule has 1 atom stereocenters. The highest BCUT2D eigenvalue weighted by molar-refractivity contribution is 5.68. The second kappa shape index (κ2) is 6.20. The molecule has 1 saturated heterocycles. The molecule has 124 valence electrons. The lowest BCUT2D eigenvalue weighted by atomic mass is 10.00. The van der Waals surface area contributed by atoms with E-state index in [0.717, 1.165) is 12.8 Å². The van der Waals surface area contributed by atoms with Gasteiger partial charge >= 0.3 is 6.09 Å². The molecule has 1 aliphatic rings. The first-order chi connectivity index (χ1) is 10.2. The van der Waals surface area contributed by atoms with E-state index in [9.17, 15) is 4.79 Å². The Labute approximate surface area is 130 Å². The van der Waals surface area contributed by atoms with Crippen molar-refractivity contribution < 1.29 is 14.3 Å². The number of nitrogens with zero attached hydrogens (tertiary/aromatic N) is 5. The SMILES string of the molecule is CCC1(OCc2nnn(C)n2)CCN(C(=O)OC(C)(C)C)C1. The Morgan fingerprint density at radius 2 is 2.14 bits per heavy atom. The highest BCUT2D eigenvalue weighted by Crippen LogP contribution is 2.30. The minimum atomic E-state index is -0.487. The number of hydrogen-bond donors (Lipinski definition) is 0. The number of carbonyl (C=O) groups excluding carboxylic acids is 1. The van der Waals surface area contributed by atoms with Gasteiger partial charge in [0.15, 0.2) is 5.82 Å². The minimum Gasteiger partial charge on any atom is -0.444 e. The van der Waals surface area contributed by atoms with Crippen LogP contribution in [0, 0.1) is 0 Å². The molecule has 0 radical (unpaired) electrons. The third-order valence-electron chi connectivity index (χ3n) is 3.67. The number of ether oxygens (including phenoxy) is 2. The molecule has 2 heterocycles. The van der Waals surface area contributed by atoms with Crippen molar-refractivity contribution >= 4 is 6.09 Å². The van der Waals surface area contributed by atoms with Crippen molar-refractivity contribution in [3.05, 3.63) is 5.82 Å². The molecule has 1 fully saturated rings. The number of aryl methyl sites for hydroxylation is 1. The molecule has 22 heavy (non-hydrogen) atoms. The van der Waals surface area contributed by atoms with Crippen molar-refractivity contribution in [2.75, 3.05) is 13.1 Å². The summed E-state index contributed by atoms with van der Waals surface area (Å²) in [7, 11) is 1.71. The second-order valence-electron chi connectivity index (χ2n) is 6.67. The van der Waals surface area contributed by atoms with Crippen LogP contribution in [0.4, 0.5) is 4.79 Å². The van der Waals surface area contributed by atoms with Crippen LogP contribution < -0.4 is 0 Å². The summed E-state index contributed by atoms with van der Waals surface area (Å²) in [5.74, 6) is 0.547. The molecule has 0 bridgehead atoms. The molecule has 0 aromatic carbocycles. The first-order valence-corrected chi connectivity index (χ1v) is 7.58. The molecular formula is C14H25N5O3. The number of rotatable bonds is 4. The lowest BCUT2D eigenvalue weighted by Gasteiger charge is -2.29. The van der Waals surface area contributed by atoms with Gasteiger partial charge in [0.05, 0.1) is 19.2 Å². The van der Waals surface area contributed by atoms with Gasteiger partial charge in [-0.15, -0.1) is 10.2 Å². The van der Waals surface area contributed by atoms with Crippen LogP contribution in [0.15, 0.2) is 0 Å². The van der Waals surface area contributed by atoms with E-state index in [1.807, 2.05) is 20.8 Å². The van der Waals surface area contributed by atoms with Crippen molar-refractivity contribution in [1.82, 2.24) is 25.1 Å². The maximum absolute atomic E-state index is 12.2. The average Bonchev–Trinajstić information content (AvgIpc) is 3.02. The first kappa shape index (κ1) is 16.7. The number of likely N-dealkylation sites (tertiary alicyclic amines) is 1. The van der Waals surface area contributed by atoms with Crippen LogP contribution in [0.3, 0.4) is 0 Å². The van der Waals surface area contributed by atoms with E-state index in [1.54, 1.807) is 11.9 Å². The first-order valence-electron chi connectivity index (χ1n) is 7.58. The molecule has 8 nitrogen and oxygen atoms in total. The molecule has 1 unspecified atom stereocenters. The van der Waals surface area contributed by atoms with E-state index in [0.29, 0.717) is 25.5 Å². The fourth-order valence-corrected chi connectivity index (χ4v) is 2.43. The van der Waals surface area contributed by atoms with Gasteiger partial charge in [-0.2, -0.15) is 4.80 Å². The van der Waals surface area contributed by atoms with Crippen LogP contribution >= 0.6 is 0 Å². The van der Waals surface area contributed by atoms with Gasteiger partial charge in [-0.3, -0.25) is 0 Å². The lowest BCUT2D eigenvalue weighted by Crippen LogP contribution is -2.40. The summed E-state index contributed by atoms with van der Waals surface area (Å²) in [4.78, 5) is 15.3. The topological polar surface area (TPSA) is 82.4 Å². The zero-order valence-corrected chi connectivity index (χ0v) is 14.0. The number of tetrazole rings is 1. The van der Waals surface area contributed by atoms with Crippen LogP contribution in [0.1, 0.15) is 46.4 Å². The molecule has 1 aliphatic heterocycles. The van der Waals surface area contributed by atoms with Crippen LogP contribution in [0.5, 0.6) is 0 Å². The summed E-state index contributed by atoms with van der Waals surface area (Å²) in [6.07, 6.45) is 1.30. The van der Waals surface area contributed by atoms with Gasteiger partial charge in [0, 0.05) is 6.54 Å². The van der Waals surface area contributed by atoms with Gasteiger partial charge in [-0.05, 0) is 38.8 Å².